The number of carboxylic acids is 1. The number of carboxylic acid groups (broad SMARTS) is 1. The van der Waals surface area contributed by atoms with E-state index in [1.165, 1.54) is 0 Å². The highest BCUT2D eigenvalue weighted by molar-refractivity contribution is 5.74. The van der Waals surface area contributed by atoms with Gasteiger partial charge in [-0.05, 0) is 25.7 Å². The molecule has 2 N–H and O–H groups in total. The first-order valence-electron chi connectivity index (χ1n) is 6.19. The van der Waals surface area contributed by atoms with Crippen LogP contribution in [0, 0.1) is 18.3 Å². The Morgan fingerprint density at radius 1 is 1.44 bits per heavy atom. The predicted molar refractivity (Wildman–Crippen MR) is 70.1 cm³/mol. The van der Waals surface area contributed by atoms with Crippen LogP contribution in [0.3, 0.4) is 0 Å². The van der Waals surface area contributed by atoms with Crippen molar-refractivity contribution >= 4 is 12.0 Å². The lowest BCUT2D eigenvalue weighted by molar-refractivity contribution is -0.137. The van der Waals surface area contributed by atoms with Crippen LogP contribution < -0.4 is 5.32 Å². The molecular weight excluding hydrogens is 232 g/mol. The number of amides is 2. The summed E-state index contributed by atoms with van der Waals surface area (Å²) in [7, 11) is 0. The topological polar surface area (TPSA) is 69.6 Å². The maximum absolute atomic E-state index is 11.6. The molecule has 0 radical (unpaired) electrons. The first kappa shape index (κ1) is 16.3. The van der Waals surface area contributed by atoms with E-state index in [2.05, 4.69) is 11.2 Å². The van der Waals surface area contributed by atoms with Gasteiger partial charge >= 0.3 is 12.0 Å². The largest absolute Gasteiger partial charge is 0.481 e. The van der Waals surface area contributed by atoms with Crippen molar-refractivity contribution in [3.63, 3.8) is 0 Å². The summed E-state index contributed by atoms with van der Waals surface area (Å²) in [5.74, 6) is 1.93. The number of terminal acetylenes is 1. The summed E-state index contributed by atoms with van der Waals surface area (Å²) in [5, 5.41) is 11.3. The predicted octanol–water partition coefficient (Wildman–Crippen LogP) is 1.54. The summed E-state index contributed by atoms with van der Waals surface area (Å²) in [6, 6.07) is -0.166. The summed E-state index contributed by atoms with van der Waals surface area (Å²) < 4.78 is 0. The molecule has 0 spiro atoms. The number of hydrogen-bond acceptors (Lipinski definition) is 2. The van der Waals surface area contributed by atoms with E-state index >= 15 is 0 Å². The van der Waals surface area contributed by atoms with Crippen LogP contribution >= 0.6 is 0 Å². The SMILES string of the molecule is C#CCN(CC)C(=O)NCCC(C)CCC(=O)O. The summed E-state index contributed by atoms with van der Waals surface area (Å²) in [4.78, 5) is 23.6. The van der Waals surface area contributed by atoms with Gasteiger partial charge in [-0.15, -0.1) is 6.42 Å². The van der Waals surface area contributed by atoms with Gasteiger partial charge in [-0.3, -0.25) is 4.79 Å². The minimum absolute atomic E-state index is 0.166. The molecule has 5 heteroatoms. The molecule has 2 amide bonds. The first-order valence-corrected chi connectivity index (χ1v) is 6.19. The van der Waals surface area contributed by atoms with Gasteiger partial charge in [0.15, 0.2) is 0 Å². The zero-order chi connectivity index (χ0) is 14.0. The fourth-order valence-corrected chi connectivity index (χ4v) is 1.49. The molecule has 5 nitrogen and oxygen atoms in total. The number of carbonyl (C=O) groups excluding carboxylic acids is 1. The van der Waals surface area contributed by atoms with Crippen LogP contribution in [0.4, 0.5) is 4.79 Å². The molecule has 0 fully saturated rings. The fraction of sp³-hybridized carbons (Fsp3) is 0.692. The maximum Gasteiger partial charge on any atom is 0.318 e. The third kappa shape index (κ3) is 7.55. The van der Waals surface area contributed by atoms with Crippen LogP contribution in [0.2, 0.25) is 0 Å². The Kier molecular flexibility index (Phi) is 8.46. The lowest BCUT2D eigenvalue weighted by atomic mass is 10.0. The number of hydrogen-bond donors (Lipinski definition) is 2. The quantitative estimate of drug-likeness (QED) is 0.646. The highest BCUT2D eigenvalue weighted by atomic mass is 16.4. The van der Waals surface area contributed by atoms with E-state index in [0.29, 0.717) is 26.1 Å². The fourth-order valence-electron chi connectivity index (χ4n) is 1.49. The second-order valence-electron chi connectivity index (χ2n) is 4.28. The van der Waals surface area contributed by atoms with Gasteiger partial charge in [0, 0.05) is 19.5 Å². The molecule has 0 saturated heterocycles. The zero-order valence-corrected chi connectivity index (χ0v) is 11.1. The number of nitrogens with zero attached hydrogens (tertiary/aromatic N) is 1. The van der Waals surface area contributed by atoms with E-state index in [1.807, 2.05) is 13.8 Å². The van der Waals surface area contributed by atoms with E-state index in [9.17, 15) is 9.59 Å². The molecule has 0 bridgehead atoms. The van der Waals surface area contributed by atoms with Gasteiger partial charge in [-0.1, -0.05) is 12.8 Å². The van der Waals surface area contributed by atoms with Crippen LogP contribution in [0.15, 0.2) is 0 Å². The molecular formula is C13H22N2O3. The van der Waals surface area contributed by atoms with Gasteiger partial charge in [0.2, 0.25) is 0 Å². The normalized spacial score (nSPS) is 11.4. The minimum atomic E-state index is -0.780. The zero-order valence-electron chi connectivity index (χ0n) is 11.1. The van der Waals surface area contributed by atoms with Gasteiger partial charge in [0.25, 0.3) is 0 Å². The Morgan fingerprint density at radius 2 is 2.11 bits per heavy atom. The van der Waals surface area contributed by atoms with E-state index in [1.54, 1.807) is 4.90 Å². The molecule has 0 aromatic heterocycles. The number of rotatable bonds is 8. The minimum Gasteiger partial charge on any atom is -0.481 e. The number of carbonyl (C=O) groups is 2. The smallest absolute Gasteiger partial charge is 0.318 e. The van der Waals surface area contributed by atoms with Gasteiger partial charge in [-0.2, -0.15) is 0 Å². The molecule has 1 unspecified atom stereocenters. The average Bonchev–Trinajstić information content (AvgIpc) is 2.33. The Balaban J connectivity index is 3.79. The summed E-state index contributed by atoms with van der Waals surface area (Å²) in [6.45, 7) is 5.27. The second-order valence-corrected chi connectivity index (χ2v) is 4.28. The van der Waals surface area contributed by atoms with E-state index < -0.39 is 5.97 Å². The van der Waals surface area contributed by atoms with Crippen molar-refractivity contribution in [3.8, 4) is 12.3 Å². The summed E-state index contributed by atoms with van der Waals surface area (Å²) >= 11 is 0. The van der Waals surface area contributed by atoms with E-state index in [0.717, 1.165) is 6.42 Å². The highest BCUT2D eigenvalue weighted by Gasteiger charge is 2.10. The third-order valence-electron chi connectivity index (χ3n) is 2.72. The lowest BCUT2D eigenvalue weighted by Crippen LogP contribution is -2.40. The van der Waals surface area contributed by atoms with Crippen molar-refractivity contribution in [2.24, 2.45) is 5.92 Å². The summed E-state index contributed by atoms with van der Waals surface area (Å²) in [5.41, 5.74) is 0. The van der Waals surface area contributed by atoms with Crippen molar-refractivity contribution < 1.29 is 14.7 Å². The second kappa shape index (κ2) is 9.34. The summed E-state index contributed by atoms with van der Waals surface area (Å²) in [6.07, 6.45) is 6.74. The van der Waals surface area contributed by atoms with Crippen LogP contribution in [0.5, 0.6) is 0 Å². The molecule has 0 aliphatic heterocycles. The molecule has 0 saturated carbocycles. The van der Waals surface area contributed by atoms with Crippen LogP contribution in [-0.2, 0) is 4.79 Å². The van der Waals surface area contributed by atoms with Crippen molar-refractivity contribution in [1.82, 2.24) is 10.2 Å². The van der Waals surface area contributed by atoms with Crippen molar-refractivity contribution in [1.29, 1.82) is 0 Å². The van der Waals surface area contributed by atoms with E-state index in [4.69, 9.17) is 11.5 Å². The average molecular weight is 254 g/mol. The van der Waals surface area contributed by atoms with E-state index in [-0.39, 0.29) is 18.4 Å². The van der Waals surface area contributed by atoms with Gasteiger partial charge in [0.1, 0.15) is 0 Å². The van der Waals surface area contributed by atoms with Crippen LogP contribution in [0.1, 0.15) is 33.1 Å². The first-order chi connectivity index (χ1) is 8.51. The molecule has 0 aliphatic carbocycles. The molecule has 0 aromatic carbocycles. The molecule has 18 heavy (non-hydrogen) atoms. The standard InChI is InChI=1S/C13H22N2O3/c1-4-10-15(5-2)13(18)14-9-8-11(3)6-7-12(16)17/h1,11H,5-10H2,2-3H3,(H,14,18)(H,16,17). The molecule has 0 aliphatic rings. The Labute approximate surface area is 109 Å². The van der Waals surface area contributed by atoms with Gasteiger partial charge < -0.3 is 15.3 Å². The van der Waals surface area contributed by atoms with Crippen molar-refractivity contribution in [2.75, 3.05) is 19.6 Å². The Morgan fingerprint density at radius 3 is 2.61 bits per heavy atom. The number of nitrogens with one attached hydrogen (secondary N) is 1. The Bertz CT molecular complexity index is 310. The Hall–Kier alpha value is -1.70. The lowest BCUT2D eigenvalue weighted by Gasteiger charge is -2.19. The molecule has 1 atom stereocenters. The molecule has 0 aromatic rings. The number of aliphatic carboxylic acids is 1. The number of urea groups is 1. The van der Waals surface area contributed by atoms with Crippen LogP contribution in [-0.4, -0.2) is 41.6 Å². The van der Waals surface area contributed by atoms with Crippen molar-refractivity contribution in [3.05, 3.63) is 0 Å². The molecule has 0 rings (SSSR count). The maximum atomic E-state index is 11.6. The van der Waals surface area contributed by atoms with Gasteiger partial charge in [-0.25, -0.2) is 4.79 Å². The van der Waals surface area contributed by atoms with Gasteiger partial charge in [0.05, 0.1) is 6.54 Å². The molecule has 102 valence electrons. The van der Waals surface area contributed by atoms with Crippen molar-refractivity contribution in [2.45, 2.75) is 33.1 Å². The third-order valence-corrected chi connectivity index (χ3v) is 2.72. The van der Waals surface area contributed by atoms with Crippen LogP contribution in [0.25, 0.3) is 0 Å². The highest BCUT2D eigenvalue weighted by Crippen LogP contribution is 2.09. The monoisotopic (exact) mass is 254 g/mol. The molecule has 0 heterocycles.